The van der Waals surface area contributed by atoms with Crippen LogP contribution in [-0.4, -0.2) is 53.7 Å². The van der Waals surface area contributed by atoms with Gasteiger partial charge in [-0.25, -0.2) is 13.2 Å². The Morgan fingerprint density at radius 1 is 1.03 bits per heavy atom. The zero-order valence-electron chi connectivity index (χ0n) is 20.1. The highest BCUT2D eigenvalue weighted by atomic mass is 32.2. The van der Waals surface area contributed by atoms with E-state index in [-0.39, 0.29) is 10.7 Å². The highest BCUT2D eigenvalue weighted by Gasteiger charge is 2.24. The Labute approximate surface area is 214 Å². The van der Waals surface area contributed by atoms with E-state index in [1.807, 2.05) is 54.8 Å². The average molecular weight is 527 g/mol. The summed E-state index contributed by atoms with van der Waals surface area (Å²) in [5, 5.41) is 9.38. The van der Waals surface area contributed by atoms with Crippen LogP contribution < -0.4 is 0 Å². The van der Waals surface area contributed by atoms with E-state index in [9.17, 15) is 13.2 Å². The van der Waals surface area contributed by atoms with E-state index >= 15 is 0 Å². The van der Waals surface area contributed by atoms with Crippen molar-refractivity contribution in [3.05, 3.63) is 78.3 Å². The van der Waals surface area contributed by atoms with E-state index in [1.165, 1.54) is 23.2 Å². The molecular weight excluding hydrogens is 500 g/mol. The summed E-state index contributed by atoms with van der Waals surface area (Å²) in [6.45, 7) is 4.39. The average Bonchev–Trinajstić information content (AvgIpc) is 3.55. The summed E-state index contributed by atoms with van der Waals surface area (Å²) in [7, 11) is -2.34. The molecule has 11 heteroatoms. The molecule has 0 aliphatic carbocycles. The van der Waals surface area contributed by atoms with Gasteiger partial charge in [0, 0.05) is 24.3 Å². The van der Waals surface area contributed by atoms with Gasteiger partial charge in [-0.15, -0.1) is 10.2 Å². The smallest absolute Gasteiger partial charge is 0.373 e. The van der Waals surface area contributed by atoms with E-state index in [4.69, 9.17) is 9.15 Å². The number of furan rings is 1. The third-order valence-electron chi connectivity index (χ3n) is 5.47. The number of carbonyl (C=O) groups excluding carboxylic acids is 1. The zero-order valence-corrected chi connectivity index (χ0v) is 21.8. The van der Waals surface area contributed by atoms with Crippen LogP contribution in [0, 0.1) is 0 Å². The van der Waals surface area contributed by atoms with Gasteiger partial charge in [0.05, 0.1) is 17.8 Å². The molecule has 0 N–H and O–H groups in total. The van der Waals surface area contributed by atoms with Gasteiger partial charge in [-0.1, -0.05) is 55.9 Å². The summed E-state index contributed by atoms with van der Waals surface area (Å²) >= 11 is 1.38. The number of sulfonamides is 1. The van der Waals surface area contributed by atoms with E-state index < -0.39 is 16.0 Å². The van der Waals surface area contributed by atoms with Crippen LogP contribution in [-0.2, 0) is 20.5 Å². The largest absolute Gasteiger partial charge is 0.463 e. The molecule has 36 heavy (non-hydrogen) atoms. The van der Waals surface area contributed by atoms with Crippen LogP contribution in [0.15, 0.2) is 81.2 Å². The number of methoxy groups -OCH3 is 1. The van der Waals surface area contributed by atoms with Crippen molar-refractivity contribution in [2.45, 2.75) is 29.7 Å². The summed E-state index contributed by atoms with van der Waals surface area (Å²) in [5.74, 6) is 1.08. The number of benzene rings is 2. The molecule has 188 valence electrons. The maximum absolute atomic E-state index is 13.1. The van der Waals surface area contributed by atoms with E-state index in [2.05, 4.69) is 10.2 Å². The number of esters is 1. The molecule has 2 aromatic carbocycles. The summed E-state index contributed by atoms with van der Waals surface area (Å²) in [4.78, 5) is 11.9. The van der Waals surface area contributed by atoms with Crippen molar-refractivity contribution in [3.63, 3.8) is 0 Å². The Bertz CT molecular complexity index is 1440. The maximum Gasteiger partial charge on any atom is 0.373 e. The number of thioether (sulfide) groups is 1. The fourth-order valence-electron chi connectivity index (χ4n) is 3.67. The van der Waals surface area contributed by atoms with Crippen molar-refractivity contribution in [2.75, 3.05) is 20.2 Å². The molecule has 0 atom stereocenters. The topological polar surface area (TPSA) is 108 Å². The Balaban J connectivity index is 1.71. The fourth-order valence-corrected chi connectivity index (χ4v) is 6.02. The standard InChI is InChI=1S/C25H26N4O5S2/c1-4-28(5-2)36(31,32)21-13-9-10-18(16-21)23-26-27-25(29(23)19-11-7-6-8-12-19)35-17-20-14-15-22(34-20)24(30)33-3/h6-16H,4-5,17H2,1-3H3. The molecule has 9 nitrogen and oxygen atoms in total. The molecule has 0 fully saturated rings. The maximum atomic E-state index is 13.1. The predicted octanol–water partition coefficient (Wildman–Crippen LogP) is 4.64. The fraction of sp³-hybridized carbons (Fsp3) is 0.240. The number of aromatic nitrogens is 3. The SMILES string of the molecule is CCN(CC)S(=O)(=O)c1cccc(-c2nnc(SCc3ccc(C(=O)OC)o3)n2-c2ccccc2)c1. The molecule has 0 amide bonds. The second-order valence-electron chi connectivity index (χ2n) is 7.64. The minimum atomic E-state index is -3.64. The minimum absolute atomic E-state index is 0.129. The van der Waals surface area contributed by atoms with Gasteiger partial charge < -0.3 is 9.15 Å². The molecule has 0 aliphatic heterocycles. The monoisotopic (exact) mass is 526 g/mol. The van der Waals surface area contributed by atoms with Crippen LogP contribution >= 0.6 is 11.8 Å². The lowest BCUT2D eigenvalue weighted by Crippen LogP contribution is -2.30. The third kappa shape index (κ3) is 5.23. The van der Waals surface area contributed by atoms with Gasteiger partial charge in [-0.2, -0.15) is 4.31 Å². The molecule has 0 aliphatic rings. The van der Waals surface area contributed by atoms with Crippen molar-refractivity contribution in [1.29, 1.82) is 0 Å². The number of hydrogen-bond acceptors (Lipinski definition) is 8. The van der Waals surface area contributed by atoms with E-state index in [0.717, 1.165) is 5.69 Å². The normalized spacial score (nSPS) is 11.7. The number of nitrogens with zero attached hydrogens (tertiary/aromatic N) is 4. The Morgan fingerprint density at radius 2 is 1.78 bits per heavy atom. The number of rotatable bonds is 10. The summed E-state index contributed by atoms with van der Waals surface area (Å²) in [5.41, 5.74) is 1.45. The number of hydrogen-bond donors (Lipinski definition) is 0. The lowest BCUT2D eigenvalue weighted by molar-refractivity contribution is 0.0563. The molecular formula is C25H26N4O5S2. The van der Waals surface area contributed by atoms with Crippen LogP contribution in [0.1, 0.15) is 30.2 Å². The zero-order chi connectivity index (χ0) is 25.7. The van der Waals surface area contributed by atoms with Gasteiger partial charge in [0.1, 0.15) is 5.76 Å². The predicted molar refractivity (Wildman–Crippen MR) is 137 cm³/mol. The van der Waals surface area contributed by atoms with Gasteiger partial charge in [0.2, 0.25) is 15.8 Å². The minimum Gasteiger partial charge on any atom is -0.463 e. The summed E-state index contributed by atoms with van der Waals surface area (Å²) in [6.07, 6.45) is 0. The van der Waals surface area contributed by atoms with Gasteiger partial charge in [0.15, 0.2) is 11.0 Å². The molecule has 2 heterocycles. The second-order valence-corrected chi connectivity index (χ2v) is 10.5. The highest BCUT2D eigenvalue weighted by molar-refractivity contribution is 7.98. The lowest BCUT2D eigenvalue weighted by atomic mass is 10.2. The molecule has 0 saturated heterocycles. The highest BCUT2D eigenvalue weighted by Crippen LogP contribution is 2.31. The molecule has 0 spiro atoms. The van der Waals surface area contributed by atoms with Crippen molar-refractivity contribution >= 4 is 27.8 Å². The summed E-state index contributed by atoms with van der Waals surface area (Å²) < 4.78 is 39.8. The van der Waals surface area contributed by atoms with Crippen molar-refractivity contribution in [1.82, 2.24) is 19.1 Å². The number of ether oxygens (including phenoxy) is 1. The van der Waals surface area contributed by atoms with Crippen molar-refractivity contribution in [3.8, 4) is 17.1 Å². The van der Waals surface area contributed by atoms with Gasteiger partial charge in [0.25, 0.3) is 0 Å². The van der Waals surface area contributed by atoms with Crippen LogP contribution in [0.4, 0.5) is 0 Å². The molecule has 2 aromatic heterocycles. The van der Waals surface area contributed by atoms with Crippen molar-refractivity contribution in [2.24, 2.45) is 0 Å². The second kappa shape index (κ2) is 11.1. The quantitative estimate of drug-likeness (QED) is 0.217. The van der Waals surface area contributed by atoms with Gasteiger partial charge in [-0.3, -0.25) is 4.57 Å². The Morgan fingerprint density at radius 3 is 2.47 bits per heavy atom. The van der Waals surface area contributed by atoms with Crippen LogP contribution in [0.3, 0.4) is 0 Å². The van der Waals surface area contributed by atoms with Crippen molar-refractivity contribution < 1.29 is 22.4 Å². The Hall–Kier alpha value is -3.41. The van der Waals surface area contributed by atoms with Crippen LogP contribution in [0.5, 0.6) is 0 Å². The molecule has 0 unspecified atom stereocenters. The molecule has 0 saturated carbocycles. The number of carbonyl (C=O) groups is 1. The first-order chi connectivity index (χ1) is 17.4. The first kappa shape index (κ1) is 25.7. The molecule has 4 aromatic rings. The lowest BCUT2D eigenvalue weighted by Gasteiger charge is -2.18. The van der Waals surface area contributed by atoms with Crippen LogP contribution in [0.2, 0.25) is 0 Å². The van der Waals surface area contributed by atoms with Crippen LogP contribution in [0.25, 0.3) is 17.1 Å². The first-order valence-electron chi connectivity index (χ1n) is 11.3. The molecule has 4 rings (SSSR count). The summed E-state index contributed by atoms with van der Waals surface area (Å²) in [6, 6.07) is 19.6. The first-order valence-corrected chi connectivity index (χ1v) is 13.7. The third-order valence-corrected chi connectivity index (χ3v) is 8.47. The van der Waals surface area contributed by atoms with Gasteiger partial charge >= 0.3 is 5.97 Å². The number of para-hydroxylation sites is 1. The van der Waals surface area contributed by atoms with E-state index in [0.29, 0.717) is 41.1 Å². The Kier molecular flexibility index (Phi) is 7.92. The van der Waals surface area contributed by atoms with Gasteiger partial charge in [-0.05, 0) is 36.4 Å². The van der Waals surface area contributed by atoms with E-state index in [1.54, 1.807) is 30.3 Å². The molecule has 0 bridgehead atoms. The molecule has 0 radical (unpaired) electrons.